The summed E-state index contributed by atoms with van der Waals surface area (Å²) in [5, 5.41) is 0. The van der Waals surface area contributed by atoms with Crippen LogP contribution in [0.2, 0.25) is 0 Å². The van der Waals surface area contributed by atoms with Crippen LogP contribution in [0.25, 0.3) is 0 Å². The Kier molecular flexibility index (Phi) is 5.38. The second-order valence-corrected chi connectivity index (χ2v) is 11.2. The van der Waals surface area contributed by atoms with Crippen molar-refractivity contribution in [3.8, 4) is 0 Å². The van der Waals surface area contributed by atoms with Crippen LogP contribution in [0.1, 0.15) is 80.9 Å². The molecule has 4 saturated carbocycles. The van der Waals surface area contributed by atoms with Crippen LogP contribution in [0.5, 0.6) is 0 Å². The van der Waals surface area contributed by atoms with E-state index in [1.165, 1.54) is 48.8 Å². The summed E-state index contributed by atoms with van der Waals surface area (Å²) in [7, 11) is 0. The summed E-state index contributed by atoms with van der Waals surface area (Å²) in [6, 6.07) is 6.91. The highest BCUT2D eigenvalue weighted by atomic mass is 16.5. The standard InChI is InChI=1S/C27H37NO3/c1-19-7-8-23(11-20(19)2)26-13-21-12-22(14-26)16-27(15-21,18-26)25(30)31-17-24(29)28-9-5-3-4-6-10-28/h7-8,11,21-22H,3-6,9-10,12-18H2,1-2H3/t21-,22-,26?,27?/m0/s1. The van der Waals surface area contributed by atoms with Gasteiger partial charge >= 0.3 is 5.97 Å². The van der Waals surface area contributed by atoms with Gasteiger partial charge in [-0.15, -0.1) is 0 Å². The van der Waals surface area contributed by atoms with Gasteiger partial charge in [0.15, 0.2) is 6.61 Å². The molecule has 4 nitrogen and oxygen atoms in total. The predicted molar refractivity (Wildman–Crippen MR) is 121 cm³/mol. The van der Waals surface area contributed by atoms with Crippen molar-refractivity contribution < 1.29 is 14.3 Å². The van der Waals surface area contributed by atoms with Gasteiger partial charge in [0, 0.05) is 13.1 Å². The first-order valence-electron chi connectivity index (χ1n) is 12.4. The molecule has 4 heteroatoms. The molecule has 1 saturated heterocycles. The maximum atomic E-state index is 13.5. The lowest BCUT2D eigenvalue weighted by molar-refractivity contribution is -0.176. The average Bonchev–Trinajstić information content (AvgIpc) is 3.02. The van der Waals surface area contributed by atoms with E-state index in [1.807, 2.05) is 4.90 Å². The van der Waals surface area contributed by atoms with Crippen LogP contribution in [-0.2, 0) is 19.7 Å². The number of hydrogen-bond acceptors (Lipinski definition) is 3. The molecular weight excluding hydrogens is 386 g/mol. The van der Waals surface area contributed by atoms with Crippen molar-refractivity contribution in [2.45, 2.75) is 83.5 Å². The number of amides is 1. The first kappa shape index (κ1) is 21.0. The van der Waals surface area contributed by atoms with Crippen molar-refractivity contribution in [1.82, 2.24) is 4.90 Å². The quantitative estimate of drug-likeness (QED) is 0.634. The minimum absolute atomic E-state index is 0.0103. The Morgan fingerprint density at radius 3 is 2.29 bits per heavy atom. The van der Waals surface area contributed by atoms with Gasteiger partial charge in [0.1, 0.15) is 0 Å². The number of nitrogens with zero attached hydrogens (tertiary/aromatic N) is 1. The van der Waals surface area contributed by atoms with Crippen LogP contribution >= 0.6 is 0 Å². The zero-order chi connectivity index (χ0) is 21.6. The predicted octanol–water partition coefficient (Wildman–Crippen LogP) is 5.09. The van der Waals surface area contributed by atoms with Crippen molar-refractivity contribution in [2.24, 2.45) is 17.3 Å². The Balaban J connectivity index is 1.32. The molecule has 1 amide bonds. The minimum atomic E-state index is -0.387. The maximum Gasteiger partial charge on any atom is 0.312 e. The van der Waals surface area contributed by atoms with Crippen molar-refractivity contribution in [3.63, 3.8) is 0 Å². The number of hydrogen-bond donors (Lipinski definition) is 0. The molecular formula is C27H37NO3. The number of rotatable bonds is 4. The van der Waals surface area contributed by atoms with Gasteiger partial charge in [-0.05, 0) is 99.2 Å². The lowest BCUT2D eigenvalue weighted by Crippen LogP contribution is -2.57. The van der Waals surface area contributed by atoms with Gasteiger partial charge in [-0.25, -0.2) is 0 Å². The largest absolute Gasteiger partial charge is 0.455 e. The minimum Gasteiger partial charge on any atom is -0.455 e. The summed E-state index contributed by atoms with van der Waals surface area (Å²) in [5.41, 5.74) is 3.81. The number of carbonyl (C=O) groups is 2. The van der Waals surface area contributed by atoms with Crippen molar-refractivity contribution in [1.29, 1.82) is 0 Å². The molecule has 1 aromatic rings. The molecule has 2 atom stereocenters. The van der Waals surface area contributed by atoms with Gasteiger partial charge in [0.2, 0.25) is 0 Å². The van der Waals surface area contributed by atoms with E-state index in [1.54, 1.807) is 0 Å². The van der Waals surface area contributed by atoms with E-state index in [2.05, 4.69) is 32.0 Å². The Labute approximate surface area is 186 Å². The van der Waals surface area contributed by atoms with Crippen LogP contribution in [-0.4, -0.2) is 36.5 Å². The highest BCUT2D eigenvalue weighted by molar-refractivity contribution is 5.83. The van der Waals surface area contributed by atoms with E-state index in [-0.39, 0.29) is 29.3 Å². The first-order chi connectivity index (χ1) is 14.9. The van der Waals surface area contributed by atoms with Gasteiger partial charge in [-0.3, -0.25) is 9.59 Å². The van der Waals surface area contributed by atoms with Crippen molar-refractivity contribution >= 4 is 11.9 Å². The molecule has 0 spiro atoms. The van der Waals surface area contributed by atoms with Crippen molar-refractivity contribution in [3.05, 3.63) is 34.9 Å². The fourth-order valence-corrected chi connectivity index (χ4v) is 7.60. The van der Waals surface area contributed by atoms with Gasteiger partial charge in [0.05, 0.1) is 5.41 Å². The molecule has 4 bridgehead atoms. The van der Waals surface area contributed by atoms with Crippen molar-refractivity contribution in [2.75, 3.05) is 19.7 Å². The van der Waals surface area contributed by atoms with E-state index >= 15 is 0 Å². The molecule has 5 aliphatic rings. The molecule has 1 aromatic carbocycles. The van der Waals surface area contributed by atoms with E-state index in [4.69, 9.17) is 4.74 Å². The third-order valence-electron chi connectivity index (χ3n) is 8.90. The van der Waals surface area contributed by atoms with E-state index < -0.39 is 0 Å². The summed E-state index contributed by atoms with van der Waals surface area (Å²) in [4.78, 5) is 28.0. The van der Waals surface area contributed by atoms with Gasteiger partial charge in [0.25, 0.3) is 5.91 Å². The van der Waals surface area contributed by atoms with Crippen LogP contribution in [0.3, 0.4) is 0 Å². The average molecular weight is 424 g/mol. The number of ether oxygens (including phenoxy) is 1. The summed E-state index contributed by atoms with van der Waals surface area (Å²) in [5.74, 6) is 1.11. The summed E-state index contributed by atoms with van der Waals surface area (Å²) >= 11 is 0. The van der Waals surface area contributed by atoms with Gasteiger partial charge in [-0.1, -0.05) is 31.0 Å². The smallest absolute Gasteiger partial charge is 0.312 e. The fraction of sp³-hybridized carbons (Fsp3) is 0.704. The Morgan fingerprint density at radius 1 is 0.968 bits per heavy atom. The molecule has 0 N–H and O–H groups in total. The van der Waals surface area contributed by atoms with Crippen LogP contribution in [0.4, 0.5) is 0 Å². The lowest BCUT2D eigenvalue weighted by Gasteiger charge is -2.61. The van der Waals surface area contributed by atoms with E-state index in [0.717, 1.165) is 45.2 Å². The molecule has 4 aliphatic carbocycles. The number of esters is 1. The molecule has 31 heavy (non-hydrogen) atoms. The summed E-state index contributed by atoms with van der Waals surface area (Å²) < 4.78 is 5.78. The molecule has 1 aliphatic heterocycles. The van der Waals surface area contributed by atoms with E-state index in [9.17, 15) is 9.59 Å². The monoisotopic (exact) mass is 423 g/mol. The lowest BCUT2D eigenvalue weighted by atomic mass is 9.43. The van der Waals surface area contributed by atoms with Crippen LogP contribution in [0.15, 0.2) is 18.2 Å². The van der Waals surface area contributed by atoms with Crippen LogP contribution in [0, 0.1) is 31.1 Å². The Bertz CT molecular complexity index is 853. The summed E-state index contributed by atoms with van der Waals surface area (Å²) in [6.07, 6.45) is 11.0. The molecule has 168 valence electrons. The maximum absolute atomic E-state index is 13.5. The van der Waals surface area contributed by atoms with E-state index in [0.29, 0.717) is 11.8 Å². The molecule has 1 heterocycles. The Morgan fingerprint density at radius 2 is 1.65 bits per heavy atom. The molecule has 0 unspecified atom stereocenters. The zero-order valence-corrected chi connectivity index (χ0v) is 19.3. The number of carbonyl (C=O) groups excluding carboxylic acids is 2. The SMILES string of the molecule is Cc1ccc(C23C[C@@H]4C[C@H](CC(C(=O)OCC(=O)N5CCCCCC5)(C4)C2)C3)cc1C. The highest BCUT2D eigenvalue weighted by Gasteiger charge is 2.61. The normalized spacial score (nSPS) is 34.5. The third kappa shape index (κ3) is 3.81. The molecule has 6 rings (SSSR count). The number of aryl methyl sites for hydroxylation is 2. The van der Waals surface area contributed by atoms with Gasteiger partial charge < -0.3 is 9.64 Å². The summed E-state index contributed by atoms with van der Waals surface area (Å²) in [6.45, 7) is 5.90. The second-order valence-electron chi connectivity index (χ2n) is 11.2. The number of likely N-dealkylation sites (tertiary alicyclic amines) is 1. The highest BCUT2D eigenvalue weighted by Crippen LogP contribution is 2.66. The fourth-order valence-electron chi connectivity index (χ4n) is 7.60. The third-order valence-corrected chi connectivity index (χ3v) is 8.90. The van der Waals surface area contributed by atoms with Crippen LogP contribution < -0.4 is 0 Å². The first-order valence-corrected chi connectivity index (χ1v) is 12.4. The molecule has 0 aromatic heterocycles. The molecule has 5 fully saturated rings. The van der Waals surface area contributed by atoms with Gasteiger partial charge in [-0.2, -0.15) is 0 Å². The second kappa shape index (κ2) is 7.94. The topological polar surface area (TPSA) is 46.6 Å². The Hall–Kier alpha value is -1.84. The number of benzene rings is 1. The molecule has 0 radical (unpaired) electrons. The zero-order valence-electron chi connectivity index (χ0n) is 19.3.